The Balaban J connectivity index is 1.69. The minimum atomic E-state index is -3.56. The van der Waals surface area contributed by atoms with E-state index in [1.165, 1.54) is 4.31 Å². The molecule has 0 aromatic heterocycles. The summed E-state index contributed by atoms with van der Waals surface area (Å²) in [4.78, 5) is 25.8. The lowest BCUT2D eigenvalue weighted by Gasteiger charge is -2.24. The zero-order valence-electron chi connectivity index (χ0n) is 14.3. The van der Waals surface area contributed by atoms with Crippen molar-refractivity contribution in [1.82, 2.24) is 14.5 Å². The van der Waals surface area contributed by atoms with Crippen molar-refractivity contribution in [3.05, 3.63) is 29.8 Å². The number of sulfonamides is 1. The first kappa shape index (κ1) is 17.9. The van der Waals surface area contributed by atoms with Gasteiger partial charge in [-0.25, -0.2) is 8.42 Å². The summed E-state index contributed by atoms with van der Waals surface area (Å²) in [5, 5.41) is 2.68. The molecule has 7 nitrogen and oxygen atoms in total. The maximum Gasteiger partial charge on any atom is 0.245 e. The minimum absolute atomic E-state index is 0.100. The van der Waals surface area contributed by atoms with Crippen LogP contribution in [0.15, 0.2) is 29.2 Å². The second-order valence-electron chi connectivity index (χ2n) is 6.56. The summed E-state index contributed by atoms with van der Waals surface area (Å²) in [7, 11) is -3.56. The first-order valence-electron chi connectivity index (χ1n) is 8.53. The Morgan fingerprint density at radius 2 is 2.00 bits per heavy atom. The highest BCUT2D eigenvalue weighted by Gasteiger charge is 2.33. The molecule has 1 N–H and O–H groups in total. The average Bonchev–Trinajstić information content (AvgIpc) is 2.86. The minimum Gasteiger partial charge on any atom is -0.344 e. The third kappa shape index (κ3) is 3.85. The van der Waals surface area contributed by atoms with Crippen molar-refractivity contribution in [2.45, 2.75) is 37.1 Å². The molecule has 2 fully saturated rings. The molecule has 1 atom stereocenters. The molecule has 0 spiro atoms. The van der Waals surface area contributed by atoms with Crippen LogP contribution >= 0.6 is 0 Å². The largest absolute Gasteiger partial charge is 0.344 e. The standard InChI is InChI=1S/C17H23N3O4S/c1-13-4-2-5-14(12-13)25(23,24)20-9-3-8-19(10-11-20)17(22)15-6-7-16(21)18-15/h2,4-5,12,15H,3,6-11H2,1H3,(H,18,21). The molecule has 25 heavy (non-hydrogen) atoms. The Labute approximate surface area is 148 Å². The first-order valence-corrected chi connectivity index (χ1v) is 9.97. The number of benzene rings is 1. The highest BCUT2D eigenvalue weighted by molar-refractivity contribution is 7.89. The van der Waals surface area contributed by atoms with Crippen LogP contribution in [-0.4, -0.2) is 61.7 Å². The number of nitrogens with one attached hydrogen (secondary N) is 1. The van der Waals surface area contributed by atoms with E-state index in [2.05, 4.69) is 5.32 Å². The van der Waals surface area contributed by atoms with Gasteiger partial charge in [-0.2, -0.15) is 4.31 Å². The van der Waals surface area contributed by atoms with Crippen LogP contribution in [0.1, 0.15) is 24.8 Å². The summed E-state index contributed by atoms with van der Waals surface area (Å²) in [6.07, 6.45) is 1.47. The van der Waals surface area contributed by atoms with Crippen LogP contribution in [0.2, 0.25) is 0 Å². The first-order chi connectivity index (χ1) is 11.9. The number of hydrogen-bond acceptors (Lipinski definition) is 4. The third-order valence-electron chi connectivity index (χ3n) is 4.69. The second kappa shape index (κ2) is 7.13. The number of aryl methyl sites for hydroxylation is 1. The van der Waals surface area contributed by atoms with E-state index in [1.807, 2.05) is 13.0 Å². The van der Waals surface area contributed by atoms with Crippen molar-refractivity contribution in [3.63, 3.8) is 0 Å². The van der Waals surface area contributed by atoms with Crippen molar-refractivity contribution < 1.29 is 18.0 Å². The molecule has 136 valence electrons. The van der Waals surface area contributed by atoms with Gasteiger partial charge in [0.05, 0.1) is 4.90 Å². The van der Waals surface area contributed by atoms with Crippen LogP contribution in [0.4, 0.5) is 0 Å². The van der Waals surface area contributed by atoms with E-state index < -0.39 is 16.1 Å². The van der Waals surface area contributed by atoms with Crippen molar-refractivity contribution >= 4 is 21.8 Å². The molecule has 2 aliphatic rings. The van der Waals surface area contributed by atoms with Crippen LogP contribution in [-0.2, 0) is 19.6 Å². The summed E-state index contributed by atoms with van der Waals surface area (Å²) >= 11 is 0. The van der Waals surface area contributed by atoms with Gasteiger partial charge < -0.3 is 10.2 Å². The lowest BCUT2D eigenvalue weighted by Crippen LogP contribution is -2.46. The fourth-order valence-corrected chi connectivity index (χ4v) is 4.87. The summed E-state index contributed by atoms with van der Waals surface area (Å²) < 4.78 is 27.1. The fourth-order valence-electron chi connectivity index (χ4n) is 3.30. The molecule has 0 bridgehead atoms. The average molecular weight is 365 g/mol. The molecule has 0 aliphatic carbocycles. The number of carbonyl (C=O) groups excluding carboxylic acids is 2. The highest BCUT2D eigenvalue weighted by atomic mass is 32.2. The van der Waals surface area contributed by atoms with Crippen LogP contribution in [0.25, 0.3) is 0 Å². The van der Waals surface area contributed by atoms with Gasteiger partial charge in [0.1, 0.15) is 6.04 Å². The van der Waals surface area contributed by atoms with Crippen LogP contribution in [0.5, 0.6) is 0 Å². The van der Waals surface area contributed by atoms with E-state index in [9.17, 15) is 18.0 Å². The van der Waals surface area contributed by atoms with Gasteiger partial charge in [-0.05, 0) is 37.5 Å². The molecular weight excluding hydrogens is 342 g/mol. The lowest BCUT2D eigenvalue weighted by molar-refractivity contribution is -0.134. The Morgan fingerprint density at radius 1 is 1.20 bits per heavy atom. The van der Waals surface area contributed by atoms with E-state index in [1.54, 1.807) is 23.1 Å². The zero-order chi connectivity index (χ0) is 18.0. The van der Waals surface area contributed by atoms with E-state index in [-0.39, 0.29) is 23.3 Å². The van der Waals surface area contributed by atoms with E-state index >= 15 is 0 Å². The molecule has 2 heterocycles. The van der Waals surface area contributed by atoms with Gasteiger partial charge in [0, 0.05) is 32.6 Å². The van der Waals surface area contributed by atoms with E-state index in [0.29, 0.717) is 38.9 Å². The highest BCUT2D eigenvalue weighted by Crippen LogP contribution is 2.19. The predicted molar refractivity (Wildman–Crippen MR) is 92.3 cm³/mol. The Hall–Kier alpha value is -1.93. The number of amides is 2. The van der Waals surface area contributed by atoms with Gasteiger partial charge in [-0.1, -0.05) is 12.1 Å². The van der Waals surface area contributed by atoms with Gasteiger partial charge in [0.25, 0.3) is 0 Å². The monoisotopic (exact) mass is 365 g/mol. The summed E-state index contributed by atoms with van der Waals surface area (Å²) in [6.45, 7) is 3.36. The third-order valence-corrected chi connectivity index (χ3v) is 6.58. The van der Waals surface area contributed by atoms with Crippen LogP contribution < -0.4 is 5.32 Å². The fraction of sp³-hybridized carbons (Fsp3) is 0.529. The van der Waals surface area contributed by atoms with Crippen LogP contribution in [0, 0.1) is 6.92 Å². The molecule has 2 amide bonds. The smallest absolute Gasteiger partial charge is 0.245 e. The second-order valence-corrected chi connectivity index (χ2v) is 8.50. The van der Waals surface area contributed by atoms with Gasteiger partial charge in [-0.3, -0.25) is 9.59 Å². The van der Waals surface area contributed by atoms with Gasteiger partial charge in [-0.15, -0.1) is 0 Å². The SMILES string of the molecule is Cc1cccc(S(=O)(=O)N2CCCN(C(=O)C3CCC(=O)N3)CC2)c1. The molecule has 1 unspecified atom stereocenters. The number of hydrogen-bond donors (Lipinski definition) is 1. The maximum atomic E-state index is 12.8. The Kier molecular flexibility index (Phi) is 5.10. The molecule has 3 rings (SSSR count). The topological polar surface area (TPSA) is 86.8 Å². The van der Waals surface area contributed by atoms with Crippen LogP contribution in [0.3, 0.4) is 0 Å². The summed E-state index contributed by atoms with van der Waals surface area (Å²) in [6, 6.07) is 6.39. The normalized spacial score (nSPS) is 22.5. The zero-order valence-corrected chi connectivity index (χ0v) is 15.1. The number of nitrogens with zero attached hydrogens (tertiary/aromatic N) is 2. The number of carbonyl (C=O) groups is 2. The molecular formula is C17H23N3O4S. The Bertz CT molecular complexity index is 778. The van der Waals surface area contributed by atoms with Crippen molar-refractivity contribution in [2.24, 2.45) is 0 Å². The lowest BCUT2D eigenvalue weighted by atomic mass is 10.2. The Morgan fingerprint density at radius 3 is 2.68 bits per heavy atom. The predicted octanol–water partition coefficient (Wildman–Crippen LogP) is 0.497. The molecule has 2 aliphatic heterocycles. The number of rotatable bonds is 3. The maximum absolute atomic E-state index is 12.8. The summed E-state index contributed by atoms with van der Waals surface area (Å²) in [5.74, 6) is -0.211. The summed E-state index contributed by atoms with van der Waals surface area (Å²) in [5.41, 5.74) is 0.893. The molecule has 1 aromatic rings. The van der Waals surface area contributed by atoms with Crippen molar-refractivity contribution in [1.29, 1.82) is 0 Å². The van der Waals surface area contributed by atoms with Gasteiger partial charge in [0.15, 0.2) is 0 Å². The molecule has 0 radical (unpaired) electrons. The molecule has 8 heteroatoms. The van der Waals surface area contributed by atoms with E-state index in [0.717, 1.165) is 5.56 Å². The molecule has 1 aromatic carbocycles. The van der Waals surface area contributed by atoms with Crippen molar-refractivity contribution in [3.8, 4) is 0 Å². The van der Waals surface area contributed by atoms with Gasteiger partial charge >= 0.3 is 0 Å². The molecule has 0 saturated carbocycles. The van der Waals surface area contributed by atoms with Gasteiger partial charge in [0.2, 0.25) is 21.8 Å². The quantitative estimate of drug-likeness (QED) is 0.845. The molecule has 2 saturated heterocycles. The van der Waals surface area contributed by atoms with Crippen molar-refractivity contribution in [2.75, 3.05) is 26.2 Å². The van der Waals surface area contributed by atoms with E-state index in [4.69, 9.17) is 0 Å².